The van der Waals surface area contributed by atoms with E-state index in [2.05, 4.69) is 22.1 Å². The van der Waals surface area contributed by atoms with Gasteiger partial charge in [0.05, 0.1) is 6.61 Å². The Balaban J connectivity index is 2.13. The van der Waals surface area contributed by atoms with E-state index in [1.807, 2.05) is 13.0 Å². The van der Waals surface area contributed by atoms with Gasteiger partial charge in [-0.1, -0.05) is 11.8 Å². The molecule has 0 spiro atoms. The number of benzene rings is 1. The van der Waals surface area contributed by atoms with Crippen molar-refractivity contribution in [3.05, 3.63) is 59.4 Å². The molecule has 106 valence electrons. The maximum atomic E-state index is 12.1. The van der Waals surface area contributed by atoms with Crippen LogP contribution >= 0.6 is 0 Å². The molecule has 4 heteroatoms. The highest BCUT2D eigenvalue weighted by atomic mass is 16.2. The molecule has 1 heterocycles. The van der Waals surface area contributed by atoms with Crippen LogP contribution in [-0.2, 0) is 0 Å². The number of nitrogens with one attached hydrogen (secondary N) is 1. The van der Waals surface area contributed by atoms with Crippen LogP contribution < -0.4 is 5.32 Å². The number of pyridine rings is 1. The highest BCUT2D eigenvalue weighted by Crippen LogP contribution is 2.12. The van der Waals surface area contributed by atoms with E-state index in [0.29, 0.717) is 17.7 Å². The monoisotopic (exact) mass is 280 g/mol. The maximum Gasteiger partial charge on any atom is 0.255 e. The Morgan fingerprint density at radius 2 is 2.05 bits per heavy atom. The molecule has 0 radical (unpaired) electrons. The normalized spacial score (nSPS) is 9.62. The number of carbonyl (C=O) groups excluding carboxylic acids is 1. The van der Waals surface area contributed by atoms with E-state index >= 15 is 0 Å². The molecule has 0 saturated carbocycles. The van der Waals surface area contributed by atoms with E-state index in [4.69, 9.17) is 5.11 Å². The van der Waals surface area contributed by atoms with Crippen molar-refractivity contribution in [1.29, 1.82) is 0 Å². The summed E-state index contributed by atoms with van der Waals surface area (Å²) >= 11 is 0. The number of aliphatic hydroxyl groups excluding tert-OH is 1. The first kappa shape index (κ1) is 14.8. The summed E-state index contributed by atoms with van der Waals surface area (Å²) in [5.41, 5.74) is 3.09. The molecule has 0 fully saturated rings. The maximum absolute atomic E-state index is 12.1. The molecule has 0 bridgehead atoms. The minimum atomic E-state index is -0.167. The van der Waals surface area contributed by atoms with Crippen LogP contribution in [0.3, 0.4) is 0 Å². The zero-order chi connectivity index (χ0) is 15.1. The minimum absolute atomic E-state index is 0.0540. The number of amides is 1. The van der Waals surface area contributed by atoms with Gasteiger partial charge in [-0.05, 0) is 42.8 Å². The molecular formula is C17H16N2O2. The lowest BCUT2D eigenvalue weighted by Gasteiger charge is -2.06. The van der Waals surface area contributed by atoms with Gasteiger partial charge in [0.1, 0.15) is 0 Å². The predicted molar refractivity (Wildman–Crippen MR) is 82.0 cm³/mol. The summed E-state index contributed by atoms with van der Waals surface area (Å²) in [6.07, 6.45) is 3.70. The van der Waals surface area contributed by atoms with E-state index in [1.165, 1.54) is 0 Å². The Hall–Kier alpha value is -2.64. The lowest BCUT2D eigenvalue weighted by molar-refractivity contribution is 0.102. The molecular weight excluding hydrogens is 264 g/mol. The van der Waals surface area contributed by atoms with Crippen LogP contribution in [0.1, 0.15) is 27.9 Å². The summed E-state index contributed by atoms with van der Waals surface area (Å²) in [7, 11) is 0. The number of aromatic nitrogens is 1. The lowest BCUT2D eigenvalue weighted by atomic mass is 10.0. The summed E-state index contributed by atoms with van der Waals surface area (Å²) in [5, 5.41) is 11.5. The number of aryl methyl sites for hydroxylation is 1. The first-order chi connectivity index (χ1) is 10.2. The first-order valence-corrected chi connectivity index (χ1v) is 6.62. The fraction of sp³-hybridized carbons (Fsp3) is 0.176. The van der Waals surface area contributed by atoms with Crippen LogP contribution in [0.4, 0.5) is 5.69 Å². The standard InChI is InChI=1S/C17H16N2O2/c1-13-12-15(6-5-14(13)4-2-3-11-20)17(21)19-16-7-9-18-10-8-16/h5-10,12,20H,3,11H2,1H3,(H,18,19,21). The van der Waals surface area contributed by atoms with Crippen molar-refractivity contribution in [2.45, 2.75) is 13.3 Å². The van der Waals surface area contributed by atoms with Crippen LogP contribution in [0.2, 0.25) is 0 Å². The SMILES string of the molecule is Cc1cc(C(=O)Nc2ccncc2)ccc1C#CCCO. The molecule has 0 atom stereocenters. The van der Waals surface area contributed by atoms with Crippen molar-refractivity contribution >= 4 is 11.6 Å². The highest BCUT2D eigenvalue weighted by molar-refractivity contribution is 6.04. The third-order valence-corrected chi connectivity index (χ3v) is 2.89. The predicted octanol–water partition coefficient (Wildman–Crippen LogP) is 2.38. The Bertz CT molecular complexity index is 685. The van der Waals surface area contributed by atoms with Crippen LogP contribution in [0.5, 0.6) is 0 Å². The average Bonchev–Trinajstić information content (AvgIpc) is 2.50. The second-order valence-corrected chi connectivity index (χ2v) is 4.50. The summed E-state index contributed by atoms with van der Waals surface area (Å²) in [6.45, 7) is 1.96. The van der Waals surface area contributed by atoms with E-state index < -0.39 is 0 Å². The van der Waals surface area contributed by atoms with E-state index in [9.17, 15) is 4.79 Å². The summed E-state index contributed by atoms with van der Waals surface area (Å²) in [5.74, 6) is 5.69. The molecule has 0 saturated heterocycles. The van der Waals surface area contributed by atoms with Crippen molar-refractivity contribution in [2.75, 3.05) is 11.9 Å². The van der Waals surface area contributed by atoms with E-state index in [-0.39, 0.29) is 12.5 Å². The lowest BCUT2D eigenvalue weighted by Crippen LogP contribution is -2.12. The molecule has 2 rings (SSSR count). The van der Waals surface area contributed by atoms with Gasteiger partial charge in [0.2, 0.25) is 0 Å². The zero-order valence-corrected chi connectivity index (χ0v) is 11.8. The molecule has 2 N–H and O–H groups in total. The highest BCUT2D eigenvalue weighted by Gasteiger charge is 2.07. The van der Waals surface area contributed by atoms with Crippen LogP contribution in [0.15, 0.2) is 42.7 Å². The number of rotatable bonds is 3. The Morgan fingerprint density at radius 1 is 1.29 bits per heavy atom. The van der Waals surface area contributed by atoms with Crippen LogP contribution in [-0.4, -0.2) is 22.6 Å². The van der Waals surface area contributed by atoms with Gasteiger partial charge in [-0.3, -0.25) is 9.78 Å². The number of hydrogen-bond acceptors (Lipinski definition) is 3. The van der Waals surface area contributed by atoms with E-state index in [0.717, 1.165) is 11.1 Å². The van der Waals surface area contributed by atoms with Gasteiger partial charge >= 0.3 is 0 Å². The molecule has 1 aromatic carbocycles. The minimum Gasteiger partial charge on any atom is -0.395 e. The molecule has 0 unspecified atom stereocenters. The first-order valence-electron chi connectivity index (χ1n) is 6.62. The molecule has 1 amide bonds. The molecule has 0 aliphatic rings. The number of anilines is 1. The molecule has 2 aromatic rings. The van der Waals surface area contributed by atoms with E-state index in [1.54, 1.807) is 36.7 Å². The number of aliphatic hydroxyl groups is 1. The quantitative estimate of drug-likeness (QED) is 0.849. The van der Waals surface area contributed by atoms with Crippen molar-refractivity contribution in [1.82, 2.24) is 4.98 Å². The van der Waals surface area contributed by atoms with Gasteiger partial charge in [-0.15, -0.1) is 0 Å². The summed E-state index contributed by atoms with van der Waals surface area (Å²) in [4.78, 5) is 16.0. The van der Waals surface area contributed by atoms with Crippen molar-refractivity contribution in [3.63, 3.8) is 0 Å². The number of hydrogen-bond donors (Lipinski definition) is 2. The molecule has 1 aromatic heterocycles. The molecule has 21 heavy (non-hydrogen) atoms. The second-order valence-electron chi connectivity index (χ2n) is 4.50. The van der Waals surface area contributed by atoms with Crippen molar-refractivity contribution in [3.8, 4) is 11.8 Å². The fourth-order valence-electron chi connectivity index (χ4n) is 1.80. The second kappa shape index (κ2) is 7.22. The van der Waals surface area contributed by atoms with Gasteiger partial charge < -0.3 is 10.4 Å². The third kappa shape index (κ3) is 4.16. The largest absolute Gasteiger partial charge is 0.395 e. The van der Waals surface area contributed by atoms with Crippen LogP contribution in [0.25, 0.3) is 0 Å². The number of nitrogens with zero attached hydrogens (tertiary/aromatic N) is 1. The topological polar surface area (TPSA) is 62.2 Å². The number of carbonyl (C=O) groups is 1. The van der Waals surface area contributed by atoms with Crippen molar-refractivity contribution < 1.29 is 9.90 Å². The zero-order valence-electron chi connectivity index (χ0n) is 11.8. The smallest absolute Gasteiger partial charge is 0.255 e. The third-order valence-electron chi connectivity index (χ3n) is 2.89. The van der Waals surface area contributed by atoms with Gasteiger partial charge in [0, 0.05) is 35.6 Å². The van der Waals surface area contributed by atoms with Crippen LogP contribution in [0, 0.1) is 18.8 Å². The van der Waals surface area contributed by atoms with Gasteiger partial charge in [-0.2, -0.15) is 0 Å². The van der Waals surface area contributed by atoms with Crippen molar-refractivity contribution in [2.24, 2.45) is 0 Å². The Morgan fingerprint density at radius 3 is 2.71 bits per heavy atom. The molecule has 0 aliphatic heterocycles. The Labute approximate surface area is 123 Å². The van der Waals surface area contributed by atoms with Gasteiger partial charge in [0.15, 0.2) is 0 Å². The fourth-order valence-corrected chi connectivity index (χ4v) is 1.80. The van der Waals surface area contributed by atoms with Gasteiger partial charge in [0.25, 0.3) is 5.91 Å². The summed E-state index contributed by atoms with van der Waals surface area (Å²) in [6, 6.07) is 8.84. The average molecular weight is 280 g/mol. The molecule has 0 aliphatic carbocycles. The summed E-state index contributed by atoms with van der Waals surface area (Å²) < 4.78 is 0. The Kier molecular flexibility index (Phi) is 5.08. The molecule has 4 nitrogen and oxygen atoms in total. The van der Waals surface area contributed by atoms with Gasteiger partial charge in [-0.25, -0.2) is 0 Å².